The summed E-state index contributed by atoms with van der Waals surface area (Å²) in [7, 11) is 0. The Morgan fingerprint density at radius 1 is 0.933 bits per heavy atom. The van der Waals surface area contributed by atoms with Crippen molar-refractivity contribution in [2.24, 2.45) is 5.73 Å². The number of anilines is 1. The molecule has 1 aromatic heterocycles. The second-order valence-corrected chi connectivity index (χ2v) is 7.71. The van der Waals surface area contributed by atoms with E-state index in [-0.39, 0.29) is 22.0 Å². The molecule has 0 saturated heterocycles. The standard InChI is InChI=1S/C23H16Cl2N2O3/c24-15-5-7-16(18(25)11-15)21(28)22-20(26)17-6-4-13(10-19(17)30-22)8-12-2-1-3-14(9-12)23(27)29/h1-7,9-11H,8,26H2,(H2,27,29). The maximum Gasteiger partial charge on any atom is 0.248 e. The average Bonchev–Trinajstić information content (AvgIpc) is 3.03. The molecule has 4 N–H and O–H groups in total. The Bertz CT molecular complexity index is 1310. The molecular weight excluding hydrogens is 423 g/mol. The third kappa shape index (κ3) is 3.77. The molecule has 7 heteroatoms. The molecule has 0 spiro atoms. The molecule has 0 aliphatic carbocycles. The van der Waals surface area contributed by atoms with Gasteiger partial charge in [-0.1, -0.05) is 41.4 Å². The van der Waals surface area contributed by atoms with Gasteiger partial charge in [-0.05, 0) is 60.0 Å². The van der Waals surface area contributed by atoms with Crippen LogP contribution in [0.3, 0.4) is 0 Å². The molecule has 0 unspecified atom stereocenters. The zero-order chi connectivity index (χ0) is 21.4. The molecule has 0 aliphatic heterocycles. The van der Waals surface area contributed by atoms with Crippen molar-refractivity contribution in [1.82, 2.24) is 0 Å². The van der Waals surface area contributed by atoms with Gasteiger partial charge in [-0.2, -0.15) is 0 Å². The summed E-state index contributed by atoms with van der Waals surface area (Å²) in [5.41, 5.74) is 14.8. The lowest BCUT2D eigenvalue weighted by molar-refractivity contribution is 0.0996. The van der Waals surface area contributed by atoms with E-state index in [0.717, 1.165) is 11.1 Å². The fourth-order valence-corrected chi connectivity index (χ4v) is 3.80. The zero-order valence-electron chi connectivity index (χ0n) is 15.6. The number of furan rings is 1. The van der Waals surface area contributed by atoms with E-state index in [4.69, 9.17) is 39.1 Å². The minimum Gasteiger partial charge on any atom is -0.450 e. The Labute approximate surface area is 182 Å². The van der Waals surface area contributed by atoms with Gasteiger partial charge in [0.15, 0.2) is 5.76 Å². The van der Waals surface area contributed by atoms with Crippen molar-refractivity contribution in [3.63, 3.8) is 0 Å². The first-order chi connectivity index (χ1) is 14.3. The van der Waals surface area contributed by atoms with Crippen LogP contribution >= 0.6 is 23.2 Å². The van der Waals surface area contributed by atoms with Gasteiger partial charge in [0.25, 0.3) is 0 Å². The minimum absolute atomic E-state index is 0.0297. The number of fused-ring (bicyclic) bond motifs is 1. The van der Waals surface area contributed by atoms with Gasteiger partial charge in [0, 0.05) is 21.5 Å². The summed E-state index contributed by atoms with van der Waals surface area (Å²) >= 11 is 12.1. The van der Waals surface area contributed by atoms with E-state index in [1.807, 2.05) is 24.3 Å². The molecule has 4 rings (SSSR count). The highest BCUT2D eigenvalue weighted by atomic mass is 35.5. The van der Waals surface area contributed by atoms with E-state index in [2.05, 4.69) is 0 Å². The van der Waals surface area contributed by atoms with Crippen molar-refractivity contribution in [1.29, 1.82) is 0 Å². The lowest BCUT2D eigenvalue weighted by atomic mass is 10.0. The Kier molecular flexibility index (Phi) is 5.24. The van der Waals surface area contributed by atoms with Crippen molar-refractivity contribution in [3.8, 4) is 0 Å². The van der Waals surface area contributed by atoms with Crippen molar-refractivity contribution >= 4 is 51.5 Å². The van der Waals surface area contributed by atoms with Crippen LogP contribution in [0.2, 0.25) is 10.0 Å². The van der Waals surface area contributed by atoms with Crippen LogP contribution < -0.4 is 11.5 Å². The van der Waals surface area contributed by atoms with Crippen molar-refractivity contribution in [3.05, 3.63) is 98.7 Å². The van der Waals surface area contributed by atoms with Crippen molar-refractivity contribution < 1.29 is 14.0 Å². The van der Waals surface area contributed by atoms with Crippen LogP contribution in [0, 0.1) is 0 Å². The normalized spacial score (nSPS) is 11.0. The summed E-state index contributed by atoms with van der Waals surface area (Å²) < 4.78 is 5.80. The SMILES string of the molecule is NC(=O)c1cccc(Cc2ccc3c(N)c(C(=O)c4ccc(Cl)cc4Cl)oc3c2)c1. The highest BCUT2D eigenvalue weighted by molar-refractivity contribution is 6.37. The lowest BCUT2D eigenvalue weighted by Crippen LogP contribution is -2.11. The van der Waals surface area contributed by atoms with E-state index >= 15 is 0 Å². The predicted molar refractivity (Wildman–Crippen MR) is 118 cm³/mol. The average molecular weight is 439 g/mol. The predicted octanol–water partition coefficient (Wildman–Crippen LogP) is 5.24. The van der Waals surface area contributed by atoms with Crippen LogP contribution in [-0.4, -0.2) is 11.7 Å². The van der Waals surface area contributed by atoms with Crippen LogP contribution in [0.1, 0.15) is 37.6 Å². The summed E-state index contributed by atoms with van der Waals surface area (Å²) in [5.74, 6) is -0.863. The van der Waals surface area contributed by atoms with E-state index < -0.39 is 11.7 Å². The van der Waals surface area contributed by atoms with E-state index in [9.17, 15) is 9.59 Å². The Balaban J connectivity index is 1.68. The number of benzene rings is 3. The molecule has 5 nitrogen and oxygen atoms in total. The van der Waals surface area contributed by atoms with Crippen LogP contribution in [0.25, 0.3) is 11.0 Å². The monoisotopic (exact) mass is 438 g/mol. The molecule has 0 radical (unpaired) electrons. The second kappa shape index (κ2) is 7.86. The number of carbonyl (C=O) groups excluding carboxylic acids is 2. The highest BCUT2D eigenvalue weighted by Gasteiger charge is 2.22. The first-order valence-corrected chi connectivity index (χ1v) is 9.78. The van der Waals surface area contributed by atoms with Gasteiger partial charge in [-0.25, -0.2) is 0 Å². The maximum atomic E-state index is 12.9. The largest absolute Gasteiger partial charge is 0.450 e. The molecule has 0 saturated carbocycles. The number of amides is 1. The molecule has 1 amide bonds. The fourth-order valence-electron chi connectivity index (χ4n) is 3.31. The molecule has 3 aromatic carbocycles. The number of carbonyl (C=O) groups is 2. The maximum absolute atomic E-state index is 12.9. The summed E-state index contributed by atoms with van der Waals surface area (Å²) in [4.78, 5) is 24.3. The van der Waals surface area contributed by atoms with E-state index in [0.29, 0.717) is 28.0 Å². The smallest absolute Gasteiger partial charge is 0.248 e. The Hall–Kier alpha value is -3.28. The molecule has 0 bridgehead atoms. The first kappa shape index (κ1) is 20.0. The van der Waals surface area contributed by atoms with E-state index in [1.54, 1.807) is 24.3 Å². The molecule has 1 heterocycles. The summed E-state index contributed by atoms with van der Waals surface area (Å²) in [5, 5.41) is 1.29. The summed E-state index contributed by atoms with van der Waals surface area (Å²) in [6, 6.07) is 17.2. The number of halogens is 2. The number of hydrogen-bond donors (Lipinski definition) is 2. The van der Waals surface area contributed by atoms with Crippen molar-refractivity contribution in [2.45, 2.75) is 6.42 Å². The van der Waals surface area contributed by atoms with Gasteiger partial charge in [0.05, 0.1) is 10.7 Å². The zero-order valence-corrected chi connectivity index (χ0v) is 17.1. The summed E-state index contributed by atoms with van der Waals surface area (Å²) in [6.07, 6.45) is 0.559. The molecule has 4 aromatic rings. The second-order valence-electron chi connectivity index (χ2n) is 6.87. The highest BCUT2D eigenvalue weighted by Crippen LogP contribution is 2.33. The summed E-state index contributed by atoms with van der Waals surface area (Å²) in [6.45, 7) is 0. The van der Waals surface area contributed by atoms with E-state index in [1.165, 1.54) is 12.1 Å². The van der Waals surface area contributed by atoms with Gasteiger partial charge in [-0.15, -0.1) is 0 Å². The molecule has 0 atom stereocenters. The number of rotatable bonds is 5. The number of primary amides is 1. The van der Waals surface area contributed by atoms with Crippen LogP contribution in [-0.2, 0) is 6.42 Å². The fraction of sp³-hybridized carbons (Fsp3) is 0.0435. The number of ketones is 1. The first-order valence-electron chi connectivity index (χ1n) is 9.03. The Morgan fingerprint density at radius 2 is 1.70 bits per heavy atom. The molecule has 30 heavy (non-hydrogen) atoms. The van der Waals surface area contributed by atoms with Gasteiger partial charge in [0.2, 0.25) is 11.7 Å². The number of nitrogen functional groups attached to an aromatic ring is 1. The topological polar surface area (TPSA) is 99.3 Å². The number of nitrogens with two attached hydrogens (primary N) is 2. The third-order valence-corrected chi connectivity index (χ3v) is 5.34. The van der Waals surface area contributed by atoms with Crippen LogP contribution in [0.5, 0.6) is 0 Å². The molecular formula is C23H16Cl2N2O3. The quantitative estimate of drug-likeness (QED) is 0.415. The number of hydrogen-bond acceptors (Lipinski definition) is 4. The van der Waals surface area contributed by atoms with Gasteiger partial charge < -0.3 is 15.9 Å². The van der Waals surface area contributed by atoms with Crippen molar-refractivity contribution in [2.75, 3.05) is 5.73 Å². The van der Waals surface area contributed by atoms with Crippen LogP contribution in [0.15, 0.2) is 65.1 Å². The van der Waals surface area contributed by atoms with Gasteiger partial charge in [-0.3, -0.25) is 9.59 Å². The lowest BCUT2D eigenvalue weighted by Gasteiger charge is -2.04. The van der Waals surface area contributed by atoms with Gasteiger partial charge in [0.1, 0.15) is 5.58 Å². The molecule has 150 valence electrons. The molecule has 0 aliphatic rings. The third-order valence-electron chi connectivity index (χ3n) is 4.79. The minimum atomic E-state index is -0.477. The Morgan fingerprint density at radius 3 is 2.43 bits per heavy atom. The van der Waals surface area contributed by atoms with Gasteiger partial charge >= 0.3 is 0 Å². The molecule has 0 fully saturated rings. The van der Waals surface area contributed by atoms with Crippen LogP contribution in [0.4, 0.5) is 5.69 Å².